The van der Waals surface area contributed by atoms with Gasteiger partial charge in [-0.05, 0) is 71.5 Å². The molecule has 0 aliphatic carbocycles. The molecule has 0 bridgehead atoms. The summed E-state index contributed by atoms with van der Waals surface area (Å²) in [6.07, 6.45) is 4.54. The number of rotatable bonds is 9. The Bertz CT molecular complexity index is 2180. The molecule has 5 heterocycles. The van der Waals surface area contributed by atoms with Crippen LogP contribution in [0.2, 0.25) is 0 Å². The third-order valence-electron chi connectivity index (χ3n) is 10.8. The zero-order valence-corrected chi connectivity index (χ0v) is 29.8. The number of hydrogen-bond donors (Lipinski definition) is 3. The fourth-order valence-electron chi connectivity index (χ4n) is 8.17. The number of alkyl carbamates (subject to hydrolysis) is 1. The van der Waals surface area contributed by atoms with E-state index in [2.05, 4.69) is 56.7 Å². The molecule has 3 aliphatic rings. The van der Waals surface area contributed by atoms with Crippen molar-refractivity contribution >= 4 is 40.2 Å². The molecule has 2 aromatic heterocycles. The van der Waals surface area contributed by atoms with Gasteiger partial charge in [0, 0.05) is 37.1 Å². The summed E-state index contributed by atoms with van der Waals surface area (Å²) in [5, 5.41) is 4.72. The number of H-pyrrole nitrogens is 2. The van der Waals surface area contributed by atoms with Crippen molar-refractivity contribution in [1.29, 1.82) is 0 Å². The first-order valence-corrected chi connectivity index (χ1v) is 17.9. The summed E-state index contributed by atoms with van der Waals surface area (Å²) in [4.78, 5) is 57.8. The van der Waals surface area contributed by atoms with Crippen molar-refractivity contribution in [3.63, 3.8) is 0 Å². The van der Waals surface area contributed by atoms with Gasteiger partial charge in [-0.1, -0.05) is 32.0 Å². The summed E-state index contributed by atoms with van der Waals surface area (Å²) < 4.78 is 16.5. The zero-order valence-electron chi connectivity index (χ0n) is 29.8. The van der Waals surface area contributed by atoms with Crippen LogP contribution in [0.4, 0.5) is 4.79 Å². The van der Waals surface area contributed by atoms with E-state index in [9.17, 15) is 14.4 Å². The number of benzene rings is 3. The van der Waals surface area contributed by atoms with Gasteiger partial charge in [0.25, 0.3) is 0 Å². The highest BCUT2D eigenvalue weighted by molar-refractivity contribution is 6.07. The summed E-state index contributed by atoms with van der Waals surface area (Å²) in [7, 11) is 2.98. The van der Waals surface area contributed by atoms with Crippen molar-refractivity contribution in [1.82, 2.24) is 35.1 Å². The Hall–Kier alpha value is -5.43. The molecule has 3 amide bonds. The van der Waals surface area contributed by atoms with Crippen LogP contribution < -0.4 is 10.1 Å². The number of fused-ring (bicyclic) bond motifs is 6. The normalized spacial score (nSPS) is 20.2. The number of carbonyl (C=O) groups is 3. The van der Waals surface area contributed by atoms with Crippen LogP contribution in [0.25, 0.3) is 44.2 Å². The van der Waals surface area contributed by atoms with Crippen LogP contribution in [0.5, 0.6) is 5.75 Å². The van der Waals surface area contributed by atoms with E-state index in [0.717, 1.165) is 92.8 Å². The maximum Gasteiger partial charge on any atom is 0.407 e. The molecule has 2 saturated heterocycles. The van der Waals surface area contributed by atoms with E-state index in [1.807, 2.05) is 31.0 Å². The number of imidazole rings is 2. The molecule has 2 fully saturated rings. The highest BCUT2D eigenvalue weighted by Gasteiger charge is 2.38. The van der Waals surface area contributed by atoms with Crippen molar-refractivity contribution in [2.45, 2.75) is 57.8 Å². The number of hydrogen-bond acceptors (Lipinski definition) is 8. The average Bonchev–Trinajstić information content (AvgIpc) is 3.98. The Kier molecular flexibility index (Phi) is 8.82. The second-order valence-corrected chi connectivity index (χ2v) is 14.4. The Labute approximate surface area is 301 Å². The lowest BCUT2D eigenvalue weighted by molar-refractivity contribution is -0.135. The van der Waals surface area contributed by atoms with Gasteiger partial charge >= 0.3 is 6.09 Å². The lowest BCUT2D eigenvalue weighted by Gasteiger charge is -2.29. The van der Waals surface area contributed by atoms with Gasteiger partial charge in [-0.15, -0.1) is 0 Å². The molecule has 5 aromatic rings. The third-order valence-corrected chi connectivity index (χ3v) is 10.8. The number of aromatic nitrogens is 4. The minimum absolute atomic E-state index is 0.100. The Morgan fingerprint density at radius 3 is 2.73 bits per heavy atom. The second kappa shape index (κ2) is 13.6. The maximum atomic E-state index is 13.7. The van der Waals surface area contributed by atoms with E-state index < -0.39 is 12.1 Å². The molecule has 0 radical (unpaired) electrons. The van der Waals surface area contributed by atoms with Gasteiger partial charge in [0.05, 0.1) is 48.7 Å². The maximum absolute atomic E-state index is 13.7. The zero-order chi connectivity index (χ0) is 36.1. The van der Waals surface area contributed by atoms with E-state index in [4.69, 9.17) is 19.2 Å². The van der Waals surface area contributed by atoms with Gasteiger partial charge in [0.15, 0.2) is 0 Å². The number of carbonyl (C=O) groups excluding carboxylic acids is 3. The summed E-state index contributed by atoms with van der Waals surface area (Å²) in [5.74, 6) is 2.34. The van der Waals surface area contributed by atoms with Crippen LogP contribution in [0.15, 0.2) is 48.7 Å². The third kappa shape index (κ3) is 5.92. The van der Waals surface area contributed by atoms with E-state index in [1.165, 1.54) is 7.11 Å². The first-order valence-electron chi connectivity index (χ1n) is 17.9. The van der Waals surface area contributed by atoms with E-state index in [0.29, 0.717) is 26.3 Å². The number of amides is 3. The summed E-state index contributed by atoms with van der Waals surface area (Å²) >= 11 is 0. The van der Waals surface area contributed by atoms with E-state index in [1.54, 1.807) is 12.0 Å². The minimum Gasteiger partial charge on any atom is -0.488 e. The van der Waals surface area contributed by atoms with Gasteiger partial charge in [-0.2, -0.15) is 0 Å². The molecule has 8 rings (SSSR count). The number of ether oxygens (including phenoxy) is 3. The van der Waals surface area contributed by atoms with Crippen molar-refractivity contribution in [2.75, 3.05) is 33.9 Å². The highest BCUT2D eigenvalue weighted by atomic mass is 16.5. The molecule has 270 valence electrons. The van der Waals surface area contributed by atoms with Crippen LogP contribution in [0, 0.1) is 11.8 Å². The van der Waals surface area contributed by atoms with E-state index in [-0.39, 0.29) is 29.8 Å². The highest BCUT2D eigenvalue weighted by Crippen LogP contribution is 2.43. The molecule has 0 saturated carbocycles. The number of nitrogens with zero attached hydrogens (tertiary/aromatic N) is 4. The van der Waals surface area contributed by atoms with Gasteiger partial charge < -0.3 is 39.3 Å². The molecular formula is C39H43N7O6. The van der Waals surface area contributed by atoms with Gasteiger partial charge in [-0.3, -0.25) is 9.59 Å². The Morgan fingerprint density at radius 1 is 1.08 bits per heavy atom. The second-order valence-electron chi connectivity index (χ2n) is 14.4. The lowest BCUT2D eigenvalue weighted by Crippen LogP contribution is -2.51. The topological polar surface area (TPSA) is 155 Å². The van der Waals surface area contributed by atoms with Crippen molar-refractivity contribution in [3.05, 3.63) is 65.9 Å². The molecule has 13 nitrogen and oxygen atoms in total. The van der Waals surface area contributed by atoms with Crippen molar-refractivity contribution < 1.29 is 28.6 Å². The van der Waals surface area contributed by atoms with Gasteiger partial charge in [0.1, 0.15) is 30.0 Å². The van der Waals surface area contributed by atoms with Crippen LogP contribution >= 0.6 is 0 Å². The van der Waals surface area contributed by atoms with Gasteiger partial charge in [0.2, 0.25) is 12.3 Å². The molecule has 3 aliphatic heterocycles. The molecule has 3 aromatic carbocycles. The quantitative estimate of drug-likeness (QED) is 0.161. The fourth-order valence-corrected chi connectivity index (χ4v) is 8.17. The molecule has 3 N–H and O–H groups in total. The lowest BCUT2D eigenvalue weighted by atomic mass is 9.92. The predicted molar refractivity (Wildman–Crippen MR) is 194 cm³/mol. The standard InChI is InChI=1S/C39H43N7O6/c1-21(2)34(44-39(49)51-4)38(48)46-11-5-6-31(46)37-41-29-10-8-23-14-28-26-9-7-24(13-25(26)19-52-33(28)15-27(23)35(29)43-37)30-16-40-36(42-30)32-12-22(18-50-3)17-45(32)20-47/h7-10,13-16,20-22,31-32,34H,5-6,11-12,17-19H2,1-4H3,(H,40,42)(H,41,43)(H,44,49). The summed E-state index contributed by atoms with van der Waals surface area (Å²) in [5.41, 5.74) is 6.81. The molecule has 4 unspecified atom stereocenters. The molecule has 52 heavy (non-hydrogen) atoms. The first-order chi connectivity index (χ1) is 25.3. The number of nitrogens with one attached hydrogen (secondary N) is 3. The molecule has 0 spiro atoms. The van der Waals surface area contributed by atoms with Crippen LogP contribution in [-0.4, -0.2) is 88.1 Å². The Morgan fingerprint density at radius 2 is 1.94 bits per heavy atom. The summed E-state index contributed by atoms with van der Waals surface area (Å²) in [6.45, 7) is 6.10. The summed E-state index contributed by atoms with van der Waals surface area (Å²) in [6, 6.07) is 13.7. The van der Waals surface area contributed by atoms with Crippen molar-refractivity contribution in [3.8, 4) is 28.1 Å². The molecular weight excluding hydrogens is 662 g/mol. The predicted octanol–water partition coefficient (Wildman–Crippen LogP) is 5.88. The number of aromatic amines is 2. The van der Waals surface area contributed by atoms with Crippen LogP contribution in [0.3, 0.4) is 0 Å². The first kappa shape index (κ1) is 33.7. The van der Waals surface area contributed by atoms with E-state index >= 15 is 0 Å². The Balaban J connectivity index is 1.06. The smallest absolute Gasteiger partial charge is 0.407 e. The number of likely N-dealkylation sites (tertiary alicyclic amines) is 2. The average molecular weight is 706 g/mol. The van der Waals surface area contributed by atoms with Crippen LogP contribution in [0.1, 0.15) is 62.4 Å². The SMILES string of the molecule is COCC1CC(c2ncc(-c3ccc4c(c3)COc3cc5c(ccc6[nH]c(C7CCCN7C(=O)C(NC(=O)OC)C(C)C)nc65)cc3-4)[nH]2)N(C=O)C1. The van der Waals surface area contributed by atoms with Crippen LogP contribution in [-0.2, 0) is 25.7 Å². The molecule has 4 atom stereocenters. The van der Waals surface area contributed by atoms with Crippen molar-refractivity contribution in [2.24, 2.45) is 11.8 Å². The minimum atomic E-state index is -0.696. The largest absolute Gasteiger partial charge is 0.488 e. The number of methoxy groups -OCH3 is 2. The fraction of sp³-hybridized carbons (Fsp3) is 0.410. The van der Waals surface area contributed by atoms with Gasteiger partial charge in [-0.25, -0.2) is 14.8 Å². The molecule has 13 heteroatoms. The monoisotopic (exact) mass is 705 g/mol.